The molecule has 3 N–H and O–H groups in total. The highest BCUT2D eigenvalue weighted by atomic mass is 16.5. The Morgan fingerprint density at radius 1 is 1.59 bits per heavy atom. The van der Waals surface area contributed by atoms with E-state index in [4.69, 9.17) is 15.7 Å². The van der Waals surface area contributed by atoms with Crippen molar-refractivity contribution in [3.8, 4) is 6.07 Å². The third-order valence-electron chi connectivity index (χ3n) is 2.14. The molecular weight excluding hydrogens is 218 g/mol. The van der Waals surface area contributed by atoms with Crippen LogP contribution in [0.15, 0.2) is 18.2 Å². The highest BCUT2D eigenvalue weighted by Gasteiger charge is 2.05. The van der Waals surface area contributed by atoms with E-state index in [1.807, 2.05) is 13.0 Å². The van der Waals surface area contributed by atoms with Gasteiger partial charge < -0.3 is 15.8 Å². The van der Waals surface area contributed by atoms with Crippen molar-refractivity contribution in [3.05, 3.63) is 29.3 Å². The zero-order valence-corrected chi connectivity index (χ0v) is 9.69. The molecule has 0 fully saturated rings. The fourth-order valence-electron chi connectivity index (χ4n) is 1.26. The summed E-state index contributed by atoms with van der Waals surface area (Å²) < 4.78 is 5.01. The van der Waals surface area contributed by atoms with Crippen LogP contribution in [-0.2, 0) is 9.53 Å². The van der Waals surface area contributed by atoms with Crippen LogP contribution in [0, 0.1) is 18.3 Å². The molecule has 0 radical (unpaired) electrons. The Hall–Kier alpha value is -1.90. The Balaban J connectivity index is 2.61. The maximum absolute atomic E-state index is 11.5. The number of hydrogen-bond donors (Lipinski definition) is 2. The fourth-order valence-corrected chi connectivity index (χ4v) is 1.26. The largest absolute Gasteiger partial charge is 0.370 e. The minimum atomic E-state index is -0.253. The Labute approximate surface area is 100 Å². The highest BCUT2D eigenvalue weighted by Crippen LogP contribution is 2.16. The summed E-state index contributed by atoms with van der Waals surface area (Å²) >= 11 is 0. The molecule has 1 rings (SSSR count). The standard InChI is InChI=1S/C12H15N3O2/c1-9-2-3-10(7-14)6-11(9)15-12(16)8-17-5-4-13/h2-3,6H,4-5,8,13H2,1H3,(H,15,16). The molecule has 0 bridgehead atoms. The number of hydrogen-bond acceptors (Lipinski definition) is 4. The number of amides is 1. The van der Waals surface area contributed by atoms with Crippen molar-refractivity contribution in [1.82, 2.24) is 0 Å². The molecule has 0 unspecified atom stereocenters. The Bertz CT molecular complexity index is 438. The first-order valence-electron chi connectivity index (χ1n) is 5.25. The summed E-state index contributed by atoms with van der Waals surface area (Å²) in [6, 6.07) is 7.15. The topological polar surface area (TPSA) is 88.1 Å². The summed E-state index contributed by atoms with van der Waals surface area (Å²) in [5.74, 6) is -0.253. The summed E-state index contributed by atoms with van der Waals surface area (Å²) in [5, 5.41) is 11.4. The Kier molecular flexibility index (Phi) is 5.14. The van der Waals surface area contributed by atoms with Gasteiger partial charge in [-0.2, -0.15) is 5.26 Å². The Morgan fingerprint density at radius 2 is 2.35 bits per heavy atom. The molecule has 0 saturated heterocycles. The number of anilines is 1. The highest BCUT2D eigenvalue weighted by molar-refractivity contribution is 5.92. The number of aryl methyl sites for hydroxylation is 1. The number of nitriles is 1. The van der Waals surface area contributed by atoms with Crippen LogP contribution in [0.5, 0.6) is 0 Å². The summed E-state index contributed by atoms with van der Waals surface area (Å²) in [4.78, 5) is 11.5. The number of nitrogens with one attached hydrogen (secondary N) is 1. The number of carbonyl (C=O) groups excluding carboxylic acids is 1. The predicted molar refractivity (Wildman–Crippen MR) is 64.4 cm³/mol. The molecule has 5 heteroatoms. The summed E-state index contributed by atoms with van der Waals surface area (Å²) in [5.41, 5.74) is 7.27. The van der Waals surface area contributed by atoms with Crippen molar-refractivity contribution in [3.63, 3.8) is 0 Å². The molecule has 0 aliphatic heterocycles. The summed E-state index contributed by atoms with van der Waals surface area (Å²) in [6.07, 6.45) is 0. The van der Waals surface area contributed by atoms with Gasteiger partial charge >= 0.3 is 0 Å². The normalized spacial score (nSPS) is 9.71. The van der Waals surface area contributed by atoms with E-state index >= 15 is 0 Å². The van der Waals surface area contributed by atoms with Crippen molar-refractivity contribution in [2.24, 2.45) is 5.73 Å². The lowest BCUT2D eigenvalue weighted by Crippen LogP contribution is -2.21. The van der Waals surface area contributed by atoms with Crippen LogP contribution >= 0.6 is 0 Å². The first kappa shape index (κ1) is 13.2. The average Bonchev–Trinajstić information content (AvgIpc) is 2.32. The van der Waals surface area contributed by atoms with E-state index in [0.717, 1.165) is 5.56 Å². The van der Waals surface area contributed by atoms with Crippen LogP contribution in [0.2, 0.25) is 0 Å². The molecule has 0 saturated carbocycles. The monoisotopic (exact) mass is 233 g/mol. The van der Waals surface area contributed by atoms with Gasteiger partial charge in [0.1, 0.15) is 6.61 Å². The van der Waals surface area contributed by atoms with Crippen molar-refractivity contribution < 1.29 is 9.53 Å². The number of nitrogens with zero attached hydrogens (tertiary/aromatic N) is 1. The first-order chi connectivity index (χ1) is 8.17. The second-order valence-electron chi connectivity index (χ2n) is 3.53. The smallest absolute Gasteiger partial charge is 0.250 e. The lowest BCUT2D eigenvalue weighted by atomic mass is 10.1. The number of ether oxygens (including phenoxy) is 1. The molecule has 0 atom stereocenters. The quantitative estimate of drug-likeness (QED) is 0.735. The second-order valence-corrected chi connectivity index (χ2v) is 3.53. The zero-order chi connectivity index (χ0) is 12.7. The van der Waals surface area contributed by atoms with Crippen LogP contribution in [-0.4, -0.2) is 25.7 Å². The molecule has 17 heavy (non-hydrogen) atoms. The van der Waals surface area contributed by atoms with Gasteiger partial charge in [0.2, 0.25) is 5.91 Å². The lowest BCUT2D eigenvalue weighted by Gasteiger charge is -2.08. The number of carbonyl (C=O) groups is 1. The van der Waals surface area contributed by atoms with Crippen molar-refractivity contribution in [1.29, 1.82) is 5.26 Å². The summed E-state index contributed by atoms with van der Waals surface area (Å²) in [6.45, 7) is 2.56. The molecule has 90 valence electrons. The van der Waals surface area contributed by atoms with Crippen molar-refractivity contribution >= 4 is 11.6 Å². The number of nitrogens with two attached hydrogens (primary N) is 1. The number of benzene rings is 1. The van der Waals surface area contributed by atoms with E-state index in [1.54, 1.807) is 18.2 Å². The van der Waals surface area contributed by atoms with Gasteiger partial charge in [-0.1, -0.05) is 6.07 Å². The van der Waals surface area contributed by atoms with Gasteiger partial charge in [0.25, 0.3) is 0 Å². The maximum atomic E-state index is 11.5. The first-order valence-corrected chi connectivity index (χ1v) is 5.25. The molecular formula is C12H15N3O2. The third-order valence-corrected chi connectivity index (χ3v) is 2.14. The average molecular weight is 233 g/mol. The van der Waals surface area contributed by atoms with E-state index in [-0.39, 0.29) is 12.5 Å². The minimum Gasteiger partial charge on any atom is -0.370 e. The maximum Gasteiger partial charge on any atom is 0.250 e. The molecule has 0 aromatic heterocycles. The fraction of sp³-hybridized carbons (Fsp3) is 0.333. The van der Waals surface area contributed by atoms with Crippen LogP contribution in [0.3, 0.4) is 0 Å². The SMILES string of the molecule is Cc1ccc(C#N)cc1NC(=O)COCCN. The van der Waals surface area contributed by atoms with Crippen LogP contribution in [0.25, 0.3) is 0 Å². The molecule has 5 nitrogen and oxygen atoms in total. The van der Waals surface area contributed by atoms with E-state index < -0.39 is 0 Å². The van der Waals surface area contributed by atoms with Crippen LogP contribution in [0.1, 0.15) is 11.1 Å². The minimum absolute atomic E-state index is 0.0343. The van der Waals surface area contributed by atoms with E-state index in [2.05, 4.69) is 5.32 Å². The molecule has 1 amide bonds. The van der Waals surface area contributed by atoms with Gasteiger partial charge in [-0.25, -0.2) is 0 Å². The van der Waals surface area contributed by atoms with Gasteiger partial charge in [0.15, 0.2) is 0 Å². The van der Waals surface area contributed by atoms with Gasteiger partial charge in [-0.05, 0) is 24.6 Å². The molecule has 1 aromatic rings. The van der Waals surface area contributed by atoms with Crippen LogP contribution in [0.4, 0.5) is 5.69 Å². The van der Waals surface area contributed by atoms with Gasteiger partial charge in [0.05, 0.1) is 18.2 Å². The van der Waals surface area contributed by atoms with Gasteiger partial charge in [0, 0.05) is 12.2 Å². The molecule has 0 aliphatic carbocycles. The van der Waals surface area contributed by atoms with E-state index in [1.165, 1.54) is 0 Å². The molecule has 0 aliphatic rings. The van der Waals surface area contributed by atoms with Crippen molar-refractivity contribution in [2.75, 3.05) is 25.1 Å². The summed E-state index contributed by atoms with van der Waals surface area (Å²) in [7, 11) is 0. The van der Waals surface area contributed by atoms with E-state index in [9.17, 15) is 4.79 Å². The van der Waals surface area contributed by atoms with Crippen LogP contribution < -0.4 is 11.1 Å². The van der Waals surface area contributed by atoms with E-state index in [0.29, 0.717) is 24.4 Å². The molecule has 0 spiro atoms. The van der Waals surface area contributed by atoms with Crippen molar-refractivity contribution in [2.45, 2.75) is 6.92 Å². The predicted octanol–water partition coefficient (Wildman–Crippen LogP) is 0.780. The number of rotatable bonds is 5. The van der Waals surface area contributed by atoms with Gasteiger partial charge in [-0.15, -0.1) is 0 Å². The van der Waals surface area contributed by atoms with Gasteiger partial charge in [-0.3, -0.25) is 4.79 Å². The Morgan fingerprint density at radius 3 is 3.00 bits per heavy atom. The third kappa shape index (κ3) is 4.23. The lowest BCUT2D eigenvalue weighted by molar-refractivity contribution is -0.120. The molecule has 0 heterocycles. The zero-order valence-electron chi connectivity index (χ0n) is 9.69. The molecule has 1 aromatic carbocycles. The second kappa shape index (κ2) is 6.63.